The minimum atomic E-state index is -0.158. The molecule has 0 spiro atoms. The maximum atomic E-state index is 12.6. The quantitative estimate of drug-likeness (QED) is 0.701. The summed E-state index contributed by atoms with van der Waals surface area (Å²) in [4.78, 5) is 12.6. The number of benzene rings is 2. The Balaban J connectivity index is 1.87. The summed E-state index contributed by atoms with van der Waals surface area (Å²) in [5.41, 5.74) is 5.10. The molecule has 0 aliphatic carbocycles. The largest absolute Gasteiger partial charge is 0.493 e. The molecule has 1 N–H and O–H groups in total. The molecule has 2 aromatic carbocycles. The van der Waals surface area contributed by atoms with Gasteiger partial charge >= 0.3 is 0 Å². The molecule has 0 fully saturated rings. The Bertz CT molecular complexity index is 1070. The number of para-hydroxylation sites is 1. The molecule has 1 aliphatic heterocycles. The Morgan fingerprint density at radius 3 is 2.79 bits per heavy atom. The second kappa shape index (κ2) is 7.62. The number of carbonyl (C=O) groups is 1. The van der Waals surface area contributed by atoms with Crippen molar-refractivity contribution in [1.82, 2.24) is 9.78 Å². The van der Waals surface area contributed by atoms with Gasteiger partial charge in [-0.3, -0.25) is 4.79 Å². The van der Waals surface area contributed by atoms with E-state index in [-0.39, 0.29) is 11.8 Å². The molecule has 4 rings (SSSR count). The van der Waals surface area contributed by atoms with E-state index in [4.69, 9.17) is 9.47 Å². The van der Waals surface area contributed by atoms with Gasteiger partial charge in [-0.2, -0.15) is 5.10 Å². The van der Waals surface area contributed by atoms with Crippen LogP contribution in [0.2, 0.25) is 0 Å². The lowest BCUT2D eigenvalue weighted by atomic mass is 9.86. The van der Waals surface area contributed by atoms with Crippen LogP contribution in [0.5, 0.6) is 11.5 Å². The van der Waals surface area contributed by atoms with Crippen LogP contribution in [0, 0.1) is 13.8 Å². The third-order valence-corrected chi connectivity index (χ3v) is 5.31. The van der Waals surface area contributed by atoms with Crippen molar-refractivity contribution in [2.75, 3.05) is 19.0 Å². The number of hydrogen-bond acceptors (Lipinski definition) is 4. The first-order chi connectivity index (χ1) is 14.0. The van der Waals surface area contributed by atoms with Crippen LogP contribution < -0.4 is 14.8 Å². The van der Waals surface area contributed by atoms with Crippen LogP contribution in [0.15, 0.2) is 42.6 Å². The fourth-order valence-corrected chi connectivity index (χ4v) is 3.89. The van der Waals surface area contributed by atoms with Crippen molar-refractivity contribution in [1.29, 1.82) is 0 Å². The Morgan fingerprint density at radius 2 is 2.03 bits per heavy atom. The molecule has 6 nitrogen and oxygen atoms in total. The number of fused-ring (bicyclic) bond motifs is 1. The SMILES string of the molecule is CCOc1c(OC)cccc1C1CC(=O)Nc2c1cnn2-c1cc(C)ccc1C. The molecule has 1 aromatic heterocycles. The van der Waals surface area contributed by atoms with Gasteiger partial charge in [0.25, 0.3) is 0 Å². The van der Waals surface area contributed by atoms with Crippen molar-refractivity contribution >= 4 is 11.7 Å². The monoisotopic (exact) mass is 391 g/mol. The standard InChI is InChI=1S/C23H25N3O3/c1-5-29-22-16(7-6-8-20(22)28-4)17-12-21(27)25-23-18(17)13-24-26(23)19-11-14(2)9-10-15(19)3/h6-11,13,17H,5,12H2,1-4H3,(H,25,27). The fourth-order valence-electron chi connectivity index (χ4n) is 3.89. The highest BCUT2D eigenvalue weighted by molar-refractivity contribution is 5.95. The predicted molar refractivity (Wildman–Crippen MR) is 112 cm³/mol. The average molecular weight is 391 g/mol. The van der Waals surface area contributed by atoms with Gasteiger partial charge in [-0.15, -0.1) is 0 Å². The number of rotatable bonds is 5. The van der Waals surface area contributed by atoms with Gasteiger partial charge in [0.2, 0.25) is 5.91 Å². The number of amides is 1. The highest BCUT2D eigenvalue weighted by Crippen LogP contribution is 2.44. The number of aryl methyl sites for hydroxylation is 2. The normalized spacial score (nSPS) is 15.6. The topological polar surface area (TPSA) is 65.4 Å². The van der Waals surface area contributed by atoms with Crippen molar-refractivity contribution in [3.63, 3.8) is 0 Å². The van der Waals surface area contributed by atoms with Gasteiger partial charge in [-0.05, 0) is 44.0 Å². The van der Waals surface area contributed by atoms with Crippen LogP contribution in [-0.2, 0) is 4.79 Å². The number of hydrogen-bond donors (Lipinski definition) is 1. The maximum Gasteiger partial charge on any atom is 0.226 e. The van der Waals surface area contributed by atoms with Crippen molar-refractivity contribution in [3.8, 4) is 17.2 Å². The lowest BCUT2D eigenvalue weighted by molar-refractivity contribution is -0.116. The minimum absolute atomic E-state index is 0.0418. The molecule has 0 radical (unpaired) electrons. The number of nitrogens with one attached hydrogen (secondary N) is 1. The molecule has 6 heteroatoms. The number of methoxy groups -OCH3 is 1. The van der Waals surface area contributed by atoms with Crippen LogP contribution in [0.25, 0.3) is 5.69 Å². The molecule has 3 aromatic rings. The summed E-state index contributed by atoms with van der Waals surface area (Å²) in [7, 11) is 1.62. The molecule has 29 heavy (non-hydrogen) atoms. The van der Waals surface area contributed by atoms with Gasteiger partial charge in [0, 0.05) is 23.5 Å². The van der Waals surface area contributed by atoms with Crippen molar-refractivity contribution < 1.29 is 14.3 Å². The Kier molecular flexibility index (Phi) is 5.01. The van der Waals surface area contributed by atoms with Crippen LogP contribution in [0.4, 0.5) is 5.82 Å². The van der Waals surface area contributed by atoms with Gasteiger partial charge in [-0.25, -0.2) is 4.68 Å². The first kappa shape index (κ1) is 19.1. The number of nitrogens with zero attached hydrogens (tertiary/aromatic N) is 2. The molecule has 150 valence electrons. The van der Waals surface area contributed by atoms with Crippen LogP contribution in [0.3, 0.4) is 0 Å². The second-order valence-corrected chi connectivity index (χ2v) is 7.27. The summed E-state index contributed by atoms with van der Waals surface area (Å²) in [5, 5.41) is 7.65. The molecular weight excluding hydrogens is 366 g/mol. The van der Waals surface area contributed by atoms with Gasteiger partial charge in [-0.1, -0.05) is 24.3 Å². The number of aromatic nitrogens is 2. The third kappa shape index (κ3) is 3.35. The summed E-state index contributed by atoms with van der Waals surface area (Å²) in [5.74, 6) is 1.86. The van der Waals surface area contributed by atoms with E-state index in [1.807, 2.05) is 49.8 Å². The molecule has 0 bridgehead atoms. The molecule has 2 heterocycles. The summed E-state index contributed by atoms with van der Waals surface area (Å²) >= 11 is 0. The van der Waals surface area contributed by atoms with E-state index in [0.29, 0.717) is 30.3 Å². The van der Waals surface area contributed by atoms with E-state index in [1.165, 1.54) is 0 Å². The van der Waals surface area contributed by atoms with Crippen LogP contribution >= 0.6 is 0 Å². The van der Waals surface area contributed by atoms with Crippen molar-refractivity contribution in [2.45, 2.75) is 33.1 Å². The second-order valence-electron chi connectivity index (χ2n) is 7.27. The van der Waals surface area contributed by atoms with E-state index in [0.717, 1.165) is 27.9 Å². The number of carbonyl (C=O) groups excluding carboxylic acids is 1. The molecule has 1 unspecified atom stereocenters. The van der Waals surface area contributed by atoms with Crippen LogP contribution in [-0.4, -0.2) is 29.4 Å². The van der Waals surface area contributed by atoms with E-state index in [1.54, 1.807) is 7.11 Å². The summed E-state index contributed by atoms with van der Waals surface area (Å²) in [6, 6.07) is 12.0. The number of anilines is 1. The lowest BCUT2D eigenvalue weighted by Crippen LogP contribution is -2.25. The fraction of sp³-hybridized carbons (Fsp3) is 0.304. The first-order valence-electron chi connectivity index (χ1n) is 9.78. The van der Waals surface area contributed by atoms with Gasteiger partial charge < -0.3 is 14.8 Å². The third-order valence-electron chi connectivity index (χ3n) is 5.31. The first-order valence-corrected chi connectivity index (χ1v) is 9.78. The van der Waals surface area contributed by atoms with E-state index >= 15 is 0 Å². The summed E-state index contributed by atoms with van der Waals surface area (Å²) < 4.78 is 13.2. The molecule has 0 saturated carbocycles. The van der Waals surface area contributed by atoms with E-state index < -0.39 is 0 Å². The lowest BCUT2D eigenvalue weighted by Gasteiger charge is -2.26. The Hall–Kier alpha value is -3.28. The molecular formula is C23H25N3O3. The summed E-state index contributed by atoms with van der Waals surface area (Å²) in [6.07, 6.45) is 2.18. The minimum Gasteiger partial charge on any atom is -0.493 e. The van der Waals surface area contributed by atoms with Crippen LogP contribution in [0.1, 0.15) is 41.5 Å². The maximum absolute atomic E-state index is 12.6. The zero-order chi connectivity index (χ0) is 20.5. The predicted octanol–water partition coefficient (Wildman–Crippen LogP) is 4.37. The Labute approximate surface area is 170 Å². The zero-order valence-electron chi connectivity index (χ0n) is 17.2. The highest BCUT2D eigenvalue weighted by Gasteiger charge is 2.33. The zero-order valence-corrected chi connectivity index (χ0v) is 17.2. The summed E-state index contributed by atoms with van der Waals surface area (Å²) in [6.45, 7) is 6.54. The van der Waals surface area contributed by atoms with Crippen molar-refractivity contribution in [3.05, 3.63) is 64.8 Å². The molecule has 1 atom stereocenters. The van der Waals surface area contributed by atoms with Gasteiger partial charge in [0.15, 0.2) is 11.5 Å². The molecule has 1 aliphatic rings. The highest BCUT2D eigenvalue weighted by atomic mass is 16.5. The van der Waals surface area contributed by atoms with Gasteiger partial charge in [0.1, 0.15) is 5.82 Å². The van der Waals surface area contributed by atoms with E-state index in [9.17, 15) is 4.79 Å². The average Bonchev–Trinajstić information content (AvgIpc) is 3.13. The molecule has 1 amide bonds. The Morgan fingerprint density at radius 1 is 1.21 bits per heavy atom. The van der Waals surface area contributed by atoms with Gasteiger partial charge in [0.05, 0.1) is 25.6 Å². The van der Waals surface area contributed by atoms with E-state index in [2.05, 4.69) is 28.6 Å². The molecule has 0 saturated heterocycles. The van der Waals surface area contributed by atoms with Crippen molar-refractivity contribution in [2.24, 2.45) is 0 Å². The number of ether oxygens (including phenoxy) is 2. The smallest absolute Gasteiger partial charge is 0.226 e.